The standard InChI is InChI=1S/C15H20N2O3S/c1-5-17(10-11(2)9-16)15(18)14-8-13(21(4,19)20)7-6-12(14)3/h6-8,11H,5,10H2,1-4H3. The molecule has 0 radical (unpaired) electrons. The van der Waals surface area contributed by atoms with Crippen molar-refractivity contribution in [1.29, 1.82) is 5.26 Å². The van der Waals surface area contributed by atoms with Gasteiger partial charge in [0.1, 0.15) is 0 Å². The molecule has 0 aliphatic carbocycles. The number of carbonyl (C=O) groups excluding carboxylic acids is 1. The Balaban J connectivity index is 3.20. The molecule has 0 heterocycles. The van der Waals surface area contributed by atoms with E-state index in [1.807, 2.05) is 6.92 Å². The second kappa shape index (κ2) is 6.72. The highest BCUT2D eigenvalue weighted by Gasteiger charge is 2.20. The molecular formula is C15H20N2O3S. The Morgan fingerprint density at radius 1 is 1.43 bits per heavy atom. The fourth-order valence-electron chi connectivity index (χ4n) is 1.96. The molecule has 0 saturated carbocycles. The van der Waals surface area contributed by atoms with Gasteiger partial charge in [0, 0.05) is 24.9 Å². The van der Waals surface area contributed by atoms with E-state index in [2.05, 4.69) is 6.07 Å². The van der Waals surface area contributed by atoms with E-state index in [0.29, 0.717) is 18.7 Å². The van der Waals surface area contributed by atoms with Crippen LogP contribution in [0.1, 0.15) is 29.8 Å². The van der Waals surface area contributed by atoms with Crippen molar-refractivity contribution in [2.45, 2.75) is 25.7 Å². The lowest BCUT2D eigenvalue weighted by Gasteiger charge is -2.23. The van der Waals surface area contributed by atoms with Crippen LogP contribution in [0, 0.1) is 24.2 Å². The van der Waals surface area contributed by atoms with E-state index >= 15 is 0 Å². The number of carbonyl (C=O) groups is 1. The summed E-state index contributed by atoms with van der Waals surface area (Å²) in [5.41, 5.74) is 1.08. The van der Waals surface area contributed by atoms with Gasteiger partial charge in [0.15, 0.2) is 9.84 Å². The first kappa shape index (κ1) is 17.2. The summed E-state index contributed by atoms with van der Waals surface area (Å²) in [5.74, 6) is -0.519. The normalized spacial score (nSPS) is 12.5. The van der Waals surface area contributed by atoms with Crippen LogP contribution in [0.15, 0.2) is 23.1 Å². The molecule has 0 saturated heterocycles. The van der Waals surface area contributed by atoms with Crippen LogP contribution < -0.4 is 0 Å². The van der Waals surface area contributed by atoms with Gasteiger partial charge in [-0.05, 0) is 38.5 Å². The first-order valence-electron chi connectivity index (χ1n) is 6.70. The Hall–Kier alpha value is -1.87. The number of benzene rings is 1. The van der Waals surface area contributed by atoms with Crippen molar-refractivity contribution < 1.29 is 13.2 Å². The van der Waals surface area contributed by atoms with Gasteiger partial charge in [-0.3, -0.25) is 4.79 Å². The van der Waals surface area contributed by atoms with Gasteiger partial charge in [0.25, 0.3) is 5.91 Å². The van der Waals surface area contributed by atoms with E-state index in [4.69, 9.17) is 5.26 Å². The molecule has 1 amide bonds. The van der Waals surface area contributed by atoms with Gasteiger partial charge in [-0.25, -0.2) is 8.42 Å². The average molecular weight is 308 g/mol. The monoisotopic (exact) mass is 308 g/mol. The third-order valence-electron chi connectivity index (χ3n) is 3.25. The highest BCUT2D eigenvalue weighted by atomic mass is 32.2. The number of amides is 1. The number of nitriles is 1. The molecule has 114 valence electrons. The second-order valence-electron chi connectivity index (χ2n) is 5.12. The Bertz CT molecular complexity index is 675. The molecular weight excluding hydrogens is 288 g/mol. The molecule has 1 aromatic rings. The molecule has 21 heavy (non-hydrogen) atoms. The predicted molar refractivity (Wildman–Crippen MR) is 80.6 cm³/mol. The maximum atomic E-state index is 12.5. The molecule has 1 rings (SSSR count). The van der Waals surface area contributed by atoms with Crippen molar-refractivity contribution in [1.82, 2.24) is 4.90 Å². The molecule has 0 fully saturated rings. The minimum absolute atomic E-state index is 0.126. The first-order valence-corrected chi connectivity index (χ1v) is 8.59. The summed E-state index contributed by atoms with van der Waals surface area (Å²) >= 11 is 0. The smallest absolute Gasteiger partial charge is 0.254 e. The Kier molecular flexibility index (Phi) is 5.50. The minimum atomic E-state index is -3.36. The third-order valence-corrected chi connectivity index (χ3v) is 4.36. The number of hydrogen-bond acceptors (Lipinski definition) is 4. The molecule has 1 unspecified atom stereocenters. The maximum absolute atomic E-state index is 12.5. The van der Waals surface area contributed by atoms with Gasteiger partial charge in [-0.15, -0.1) is 0 Å². The summed E-state index contributed by atoms with van der Waals surface area (Å²) in [6, 6.07) is 6.63. The van der Waals surface area contributed by atoms with Crippen molar-refractivity contribution in [2.75, 3.05) is 19.3 Å². The van der Waals surface area contributed by atoms with E-state index in [1.165, 1.54) is 12.1 Å². The van der Waals surface area contributed by atoms with Crippen molar-refractivity contribution in [2.24, 2.45) is 5.92 Å². The number of hydrogen-bond donors (Lipinski definition) is 0. The number of rotatable bonds is 5. The summed E-state index contributed by atoms with van der Waals surface area (Å²) < 4.78 is 23.2. The predicted octanol–water partition coefficient (Wildman–Crippen LogP) is 2.02. The highest BCUT2D eigenvalue weighted by Crippen LogP contribution is 2.18. The van der Waals surface area contributed by atoms with E-state index in [-0.39, 0.29) is 16.7 Å². The van der Waals surface area contributed by atoms with Crippen LogP contribution in [0.25, 0.3) is 0 Å². The minimum Gasteiger partial charge on any atom is -0.338 e. The second-order valence-corrected chi connectivity index (χ2v) is 7.14. The molecule has 1 aromatic carbocycles. The van der Waals surface area contributed by atoms with E-state index in [9.17, 15) is 13.2 Å². The van der Waals surface area contributed by atoms with Gasteiger partial charge in [0.2, 0.25) is 0 Å². The van der Waals surface area contributed by atoms with Crippen LogP contribution in [-0.4, -0.2) is 38.6 Å². The molecule has 0 aromatic heterocycles. The van der Waals surface area contributed by atoms with Crippen molar-refractivity contribution >= 4 is 15.7 Å². The Labute approximate surface area is 126 Å². The number of sulfone groups is 1. The summed E-state index contributed by atoms with van der Waals surface area (Å²) in [6.45, 7) is 6.14. The van der Waals surface area contributed by atoms with Crippen LogP contribution in [-0.2, 0) is 9.84 Å². The summed E-state index contributed by atoms with van der Waals surface area (Å²) in [5, 5.41) is 8.87. The van der Waals surface area contributed by atoms with Crippen LogP contribution in [0.3, 0.4) is 0 Å². The number of nitrogens with zero attached hydrogens (tertiary/aromatic N) is 2. The van der Waals surface area contributed by atoms with Gasteiger partial charge in [0.05, 0.1) is 16.9 Å². The van der Waals surface area contributed by atoms with Gasteiger partial charge in [-0.2, -0.15) is 5.26 Å². The zero-order valence-corrected chi connectivity index (χ0v) is 13.6. The van der Waals surface area contributed by atoms with Crippen LogP contribution in [0.5, 0.6) is 0 Å². The van der Waals surface area contributed by atoms with Crippen LogP contribution in [0.4, 0.5) is 0 Å². The van der Waals surface area contributed by atoms with Crippen molar-refractivity contribution in [3.63, 3.8) is 0 Å². The van der Waals surface area contributed by atoms with E-state index in [1.54, 1.807) is 24.8 Å². The largest absolute Gasteiger partial charge is 0.338 e. The molecule has 1 atom stereocenters. The average Bonchev–Trinajstić information content (AvgIpc) is 2.42. The van der Waals surface area contributed by atoms with E-state index in [0.717, 1.165) is 11.8 Å². The fraction of sp³-hybridized carbons (Fsp3) is 0.467. The zero-order valence-electron chi connectivity index (χ0n) is 12.8. The lowest BCUT2D eigenvalue weighted by Crippen LogP contribution is -2.34. The quantitative estimate of drug-likeness (QED) is 0.833. The molecule has 0 N–H and O–H groups in total. The van der Waals surface area contributed by atoms with Crippen LogP contribution >= 0.6 is 0 Å². The van der Waals surface area contributed by atoms with E-state index < -0.39 is 9.84 Å². The first-order chi connectivity index (χ1) is 9.70. The number of aryl methyl sites for hydroxylation is 1. The zero-order chi connectivity index (χ0) is 16.2. The molecule has 6 heteroatoms. The lowest BCUT2D eigenvalue weighted by atomic mass is 10.1. The van der Waals surface area contributed by atoms with Gasteiger partial charge < -0.3 is 4.90 Å². The summed E-state index contributed by atoms with van der Waals surface area (Å²) in [4.78, 5) is 14.2. The SMILES string of the molecule is CCN(CC(C)C#N)C(=O)c1cc(S(C)(=O)=O)ccc1C. The lowest BCUT2D eigenvalue weighted by molar-refractivity contribution is 0.0751. The fourth-order valence-corrected chi connectivity index (χ4v) is 2.61. The molecule has 5 nitrogen and oxygen atoms in total. The molecule has 0 aliphatic rings. The molecule has 0 spiro atoms. The maximum Gasteiger partial charge on any atom is 0.254 e. The van der Waals surface area contributed by atoms with Gasteiger partial charge >= 0.3 is 0 Å². The van der Waals surface area contributed by atoms with Crippen molar-refractivity contribution in [3.05, 3.63) is 29.3 Å². The Morgan fingerprint density at radius 2 is 2.05 bits per heavy atom. The van der Waals surface area contributed by atoms with Crippen LogP contribution in [0.2, 0.25) is 0 Å². The van der Waals surface area contributed by atoms with Gasteiger partial charge in [-0.1, -0.05) is 6.07 Å². The third kappa shape index (κ3) is 4.30. The summed E-state index contributed by atoms with van der Waals surface area (Å²) in [7, 11) is -3.36. The topological polar surface area (TPSA) is 78.2 Å². The van der Waals surface area contributed by atoms with Crippen molar-refractivity contribution in [3.8, 4) is 6.07 Å². The molecule has 0 aliphatic heterocycles. The highest BCUT2D eigenvalue weighted by molar-refractivity contribution is 7.90. The molecule has 0 bridgehead atoms. The summed E-state index contributed by atoms with van der Waals surface area (Å²) in [6.07, 6.45) is 1.11. The Morgan fingerprint density at radius 3 is 2.52 bits per heavy atom.